The van der Waals surface area contributed by atoms with Gasteiger partial charge in [-0.1, -0.05) is 0 Å². The van der Waals surface area contributed by atoms with Gasteiger partial charge in [-0.05, 0) is 18.5 Å². The lowest BCUT2D eigenvalue weighted by atomic mass is 10.4. The molecule has 0 aliphatic carbocycles. The van der Waals surface area contributed by atoms with Crippen molar-refractivity contribution in [2.75, 3.05) is 18.2 Å². The molecular formula is C10H20N6O6P2S2. The first-order valence-corrected chi connectivity index (χ1v) is 8.98. The van der Waals surface area contributed by atoms with Crippen LogP contribution >= 0.6 is 43.7 Å². The largest absolute Gasteiger partial charge is 0.347 e. The Bertz CT molecular complexity index is 538. The van der Waals surface area contributed by atoms with Crippen molar-refractivity contribution in [3.8, 4) is 0 Å². The highest BCUT2D eigenvalue weighted by molar-refractivity contribution is 7.81. The molecule has 0 heterocycles. The monoisotopic (exact) mass is 446 g/mol. The summed E-state index contributed by atoms with van der Waals surface area (Å²) in [7, 11) is 3.64. The third kappa shape index (κ3) is 20.4. The first kappa shape index (κ1) is 26.6. The van der Waals surface area contributed by atoms with Crippen molar-refractivity contribution < 1.29 is 28.8 Å². The van der Waals surface area contributed by atoms with Gasteiger partial charge in [-0.15, -0.1) is 0 Å². The normalized spacial score (nSPS) is 8.77. The molecule has 2 atom stereocenters. The number of thiol groups is 2. The minimum Gasteiger partial charge on any atom is -0.347 e. The standard InChI is InChI=1S/2C5H10N3O3PS/c9-3(7-8-5(11)12)1-6-4(10)2-13;9-3(6-2-13)1-4(10)7-8-5(11)12/h13H,1-2,12H2,(H,6,10)(H,7,9)(H,8,11);13H,1-2,12H2,(H,6,9)(H,7,10)(H,8,11). The lowest BCUT2D eigenvalue weighted by Gasteiger charge is -2.05. The molecule has 0 fully saturated rings. The molecular weight excluding hydrogens is 426 g/mol. The molecule has 0 radical (unpaired) electrons. The summed E-state index contributed by atoms with van der Waals surface area (Å²) in [5, 5.41) is 4.58. The molecule has 0 saturated heterocycles. The van der Waals surface area contributed by atoms with Gasteiger partial charge < -0.3 is 10.6 Å². The Hall–Kier alpha value is -1.62. The van der Waals surface area contributed by atoms with Crippen LogP contribution in [-0.4, -0.2) is 53.1 Å². The van der Waals surface area contributed by atoms with Crippen LogP contribution in [0.4, 0.5) is 9.59 Å². The molecule has 6 N–H and O–H groups in total. The van der Waals surface area contributed by atoms with Crippen LogP contribution in [0.1, 0.15) is 6.42 Å². The van der Waals surface area contributed by atoms with Gasteiger partial charge in [0.15, 0.2) is 0 Å². The van der Waals surface area contributed by atoms with Crippen molar-refractivity contribution >= 4 is 78.7 Å². The van der Waals surface area contributed by atoms with E-state index in [1.165, 1.54) is 0 Å². The second-order valence-corrected chi connectivity index (χ2v) is 5.63. The Morgan fingerprint density at radius 2 is 1.15 bits per heavy atom. The Morgan fingerprint density at radius 1 is 0.654 bits per heavy atom. The van der Waals surface area contributed by atoms with E-state index in [2.05, 4.69) is 41.3 Å². The van der Waals surface area contributed by atoms with E-state index in [0.717, 1.165) is 0 Å². The molecule has 0 aromatic rings. The summed E-state index contributed by atoms with van der Waals surface area (Å²) >= 11 is 7.42. The van der Waals surface area contributed by atoms with Gasteiger partial charge in [0.05, 0.1) is 18.2 Å². The smallest absolute Gasteiger partial charge is 0.257 e. The number of nitrogens with one attached hydrogen (secondary N) is 6. The summed E-state index contributed by atoms with van der Waals surface area (Å²) in [6, 6.07) is 0. The summed E-state index contributed by atoms with van der Waals surface area (Å²) in [6.45, 7) is -0.190. The molecule has 0 aromatic carbocycles. The van der Waals surface area contributed by atoms with E-state index in [0.29, 0.717) is 0 Å². The maximum absolute atomic E-state index is 10.8. The SMILES string of the molecule is O=C(P)NNC(=O)CC(=O)NCS.O=C(P)NNC(=O)CNC(=O)CS. The highest BCUT2D eigenvalue weighted by Crippen LogP contribution is 1.82. The molecule has 12 nitrogen and oxygen atoms in total. The molecule has 0 spiro atoms. The summed E-state index contributed by atoms with van der Waals surface area (Å²) < 4.78 is 0. The van der Waals surface area contributed by atoms with E-state index in [-0.39, 0.29) is 30.5 Å². The van der Waals surface area contributed by atoms with Gasteiger partial charge in [-0.3, -0.25) is 50.5 Å². The summed E-state index contributed by atoms with van der Waals surface area (Å²) in [4.78, 5) is 63.5. The highest BCUT2D eigenvalue weighted by atomic mass is 32.1. The Balaban J connectivity index is 0. The zero-order valence-corrected chi connectivity index (χ0v) is 17.4. The van der Waals surface area contributed by atoms with E-state index in [1.54, 1.807) is 0 Å². The first-order chi connectivity index (χ1) is 12.1. The minimum absolute atomic E-state index is 0.0171. The molecule has 26 heavy (non-hydrogen) atoms. The van der Waals surface area contributed by atoms with E-state index >= 15 is 0 Å². The molecule has 0 bridgehead atoms. The molecule has 0 aromatic heterocycles. The lowest BCUT2D eigenvalue weighted by Crippen LogP contribution is -2.44. The molecule has 0 aliphatic heterocycles. The molecule has 0 saturated carbocycles. The Labute approximate surface area is 164 Å². The highest BCUT2D eigenvalue weighted by Gasteiger charge is 2.07. The van der Waals surface area contributed by atoms with Crippen molar-refractivity contribution in [3.05, 3.63) is 0 Å². The van der Waals surface area contributed by atoms with Crippen LogP contribution in [0.2, 0.25) is 0 Å². The maximum atomic E-state index is 10.8. The molecule has 2 unspecified atom stereocenters. The third-order valence-corrected chi connectivity index (χ3v) is 2.57. The maximum Gasteiger partial charge on any atom is 0.257 e. The Morgan fingerprint density at radius 3 is 1.58 bits per heavy atom. The Kier molecular flexibility index (Phi) is 17.2. The van der Waals surface area contributed by atoms with Crippen molar-refractivity contribution in [2.24, 2.45) is 0 Å². The summed E-state index contributed by atoms with van der Waals surface area (Å²) in [5.74, 6) is -1.71. The predicted molar refractivity (Wildman–Crippen MR) is 106 cm³/mol. The fourth-order valence-corrected chi connectivity index (χ4v) is 1.31. The van der Waals surface area contributed by atoms with Gasteiger partial charge in [0, 0.05) is 0 Å². The van der Waals surface area contributed by atoms with Crippen molar-refractivity contribution in [2.45, 2.75) is 6.42 Å². The van der Waals surface area contributed by atoms with Crippen LogP contribution in [0.3, 0.4) is 0 Å². The number of hydrogen-bond donors (Lipinski definition) is 8. The molecule has 0 aliphatic rings. The van der Waals surface area contributed by atoms with Crippen LogP contribution in [0.25, 0.3) is 0 Å². The number of rotatable bonds is 6. The quantitative estimate of drug-likeness (QED) is 0.0745. The van der Waals surface area contributed by atoms with Gasteiger partial charge in [0.25, 0.3) is 17.2 Å². The third-order valence-electron chi connectivity index (χ3n) is 1.84. The van der Waals surface area contributed by atoms with E-state index < -0.39 is 29.0 Å². The minimum atomic E-state index is -0.588. The van der Waals surface area contributed by atoms with Crippen LogP contribution < -0.4 is 32.3 Å². The van der Waals surface area contributed by atoms with Gasteiger partial charge in [0.1, 0.15) is 6.42 Å². The van der Waals surface area contributed by atoms with Crippen molar-refractivity contribution in [3.63, 3.8) is 0 Å². The van der Waals surface area contributed by atoms with Gasteiger partial charge in [0.2, 0.25) is 17.7 Å². The number of amides is 6. The van der Waals surface area contributed by atoms with E-state index in [4.69, 9.17) is 0 Å². The number of hydrazine groups is 2. The fourth-order valence-electron chi connectivity index (χ4n) is 0.882. The van der Waals surface area contributed by atoms with Gasteiger partial charge in [-0.2, -0.15) is 25.3 Å². The fraction of sp³-hybridized carbons (Fsp3) is 0.400. The average Bonchev–Trinajstić information content (AvgIpc) is 2.56. The van der Waals surface area contributed by atoms with Crippen LogP contribution in [-0.2, 0) is 19.2 Å². The van der Waals surface area contributed by atoms with Crippen LogP contribution in [0.5, 0.6) is 0 Å². The number of hydrogen-bond acceptors (Lipinski definition) is 8. The summed E-state index contributed by atoms with van der Waals surface area (Å²) in [5.41, 5.74) is 7.20. The van der Waals surface area contributed by atoms with Crippen LogP contribution in [0.15, 0.2) is 0 Å². The zero-order valence-electron chi connectivity index (χ0n) is 13.3. The van der Waals surface area contributed by atoms with Crippen molar-refractivity contribution in [1.29, 1.82) is 0 Å². The van der Waals surface area contributed by atoms with E-state index in [1.807, 2.05) is 34.8 Å². The summed E-state index contributed by atoms with van der Waals surface area (Å²) in [6.07, 6.45) is -0.342. The van der Waals surface area contributed by atoms with Crippen LogP contribution in [0, 0.1) is 0 Å². The number of carbonyl (C=O) groups excluding carboxylic acids is 6. The van der Waals surface area contributed by atoms with Gasteiger partial charge in [-0.25, -0.2) is 0 Å². The number of carbonyl (C=O) groups is 6. The zero-order chi connectivity index (χ0) is 20.5. The lowest BCUT2D eigenvalue weighted by molar-refractivity contribution is -0.129. The van der Waals surface area contributed by atoms with Gasteiger partial charge >= 0.3 is 0 Å². The van der Waals surface area contributed by atoms with Crippen molar-refractivity contribution in [1.82, 2.24) is 32.3 Å². The molecule has 148 valence electrons. The molecule has 6 amide bonds. The predicted octanol–water partition coefficient (Wildman–Crippen LogP) is -2.36. The molecule has 16 heteroatoms. The second kappa shape index (κ2) is 16.8. The van der Waals surface area contributed by atoms with E-state index in [9.17, 15) is 28.8 Å². The second-order valence-electron chi connectivity index (χ2n) is 3.94. The average molecular weight is 446 g/mol. The topological polar surface area (TPSA) is 175 Å². The molecule has 0 rings (SSSR count). The first-order valence-electron chi connectivity index (χ1n) is 6.56.